The Labute approximate surface area is 147 Å². The van der Waals surface area contributed by atoms with Crippen LogP contribution in [-0.2, 0) is 5.54 Å². The molecule has 2 atom stereocenters. The molecule has 0 spiro atoms. The Morgan fingerprint density at radius 2 is 1.62 bits per heavy atom. The van der Waals surface area contributed by atoms with Crippen LogP contribution in [0.25, 0.3) is 6.08 Å². The zero-order valence-corrected chi connectivity index (χ0v) is 15.2. The highest BCUT2D eigenvalue weighted by Gasteiger charge is 2.44. The van der Waals surface area contributed by atoms with Crippen LogP contribution in [0.4, 0.5) is 0 Å². The summed E-state index contributed by atoms with van der Waals surface area (Å²) < 4.78 is 0. The molecule has 0 N–H and O–H groups in total. The molecule has 24 heavy (non-hydrogen) atoms. The van der Waals surface area contributed by atoms with Gasteiger partial charge in [-0.05, 0) is 43.4 Å². The summed E-state index contributed by atoms with van der Waals surface area (Å²) in [5.74, 6) is 0.440. The van der Waals surface area contributed by atoms with Crippen molar-refractivity contribution in [3.63, 3.8) is 0 Å². The Morgan fingerprint density at radius 3 is 2.17 bits per heavy atom. The van der Waals surface area contributed by atoms with Gasteiger partial charge in [-0.25, -0.2) is 0 Å². The average Bonchev–Trinajstić information content (AvgIpc) is 3.48. The second-order valence-electron chi connectivity index (χ2n) is 7.04. The molecule has 0 saturated heterocycles. The Balaban J connectivity index is 1.95. The van der Waals surface area contributed by atoms with Crippen molar-refractivity contribution in [3.05, 3.63) is 77.9 Å². The molecule has 1 saturated carbocycles. The van der Waals surface area contributed by atoms with Gasteiger partial charge in [0, 0.05) is 6.04 Å². The molecule has 0 heterocycles. The maximum Gasteiger partial charge on any atom is 0.0517 e. The van der Waals surface area contributed by atoms with Crippen molar-refractivity contribution < 1.29 is 0 Å². The Morgan fingerprint density at radius 1 is 1.04 bits per heavy atom. The molecule has 0 radical (unpaired) electrons. The van der Waals surface area contributed by atoms with Gasteiger partial charge in [-0.2, -0.15) is 0 Å². The lowest BCUT2D eigenvalue weighted by Crippen LogP contribution is -2.49. The van der Waals surface area contributed by atoms with Crippen molar-refractivity contribution in [2.24, 2.45) is 5.92 Å². The molecule has 0 aromatic heterocycles. The third kappa shape index (κ3) is 3.32. The molecule has 1 fully saturated rings. The van der Waals surface area contributed by atoms with Crippen molar-refractivity contribution in [2.45, 2.75) is 44.7 Å². The largest absolute Gasteiger partial charge is 0.293 e. The van der Waals surface area contributed by atoms with Crippen molar-refractivity contribution in [1.29, 1.82) is 0 Å². The second-order valence-corrected chi connectivity index (χ2v) is 7.04. The van der Waals surface area contributed by atoms with E-state index in [-0.39, 0.29) is 5.54 Å². The summed E-state index contributed by atoms with van der Waals surface area (Å²) in [6.45, 7) is 4.70. The lowest BCUT2D eigenvalue weighted by Gasteiger charge is -2.46. The van der Waals surface area contributed by atoms with E-state index in [1.165, 1.54) is 24.0 Å². The minimum Gasteiger partial charge on any atom is -0.293 e. The molecule has 2 aromatic carbocycles. The van der Waals surface area contributed by atoms with E-state index in [1.807, 2.05) is 0 Å². The van der Waals surface area contributed by atoms with Crippen LogP contribution < -0.4 is 0 Å². The van der Waals surface area contributed by atoms with Crippen LogP contribution in [0.15, 0.2) is 66.7 Å². The van der Waals surface area contributed by atoms with Crippen LogP contribution in [0, 0.1) is 5.92 Å². The van der Waals surface area contributed by atoms with Gasteiger partial charge < -0.3 is 0 Å². The van der Waals surface area contributed by atoms with E-state index in [2.05, 4.69) is 98.6 Å². The quantitative estimate of drug-likeness (QED) is 0.629. The normalized spacial score (nSPS) is 18.7. The fraction of sp³-hybridized carbons (Fsp3) is 0.391. The van der Waals surface area contributed by atoms with E-state index < -0.39 is 0 Å². The molecule has 0 aliphatic heterocycles. The molecule has 0 amide bonds. The first-order valence-electron chi connectivity index (χ1n) is 9.20. The molecule has 126 valence electrons. The van der Waals surface area contributed by atoms with Gasteiger partial charge in [0.25, 0.3) is 0 Å². The monoisotopic (exact) mass is 319 g/mol. The second kappa shape index (κ2) is 7.36. The van der Waals surface area contributed by atoms with Crippen LogP contribution >= 0.6 is 0 Å². The zero-order valence-electron chi connectivity index (χ0n) is 15.2. The van der Waals surface area contributed by atoms with Crippen LogP contribution in [-0.4, -0.2) is 18.0 Å². The highest BCUT2D eigenvalue weighted by Crippen LogP contribution is 2.44. The third-order valence-electron chi connectivity index (χ3n) is 5.67. The highest BCUT2D eigenvalue weighted by atomic mass is 15.2. The Kier molecular flexibility index (Phi) is 5.20. The summed E-state index contributed by atoms with van der Waals surface area (Å²) in [6, 6.07) is 22.4. The predicted molar refractivity (Wildman–Crippen MR) is 104 cm³/mol. The van der Waals surface area contributed by atoms with Crippen LogP contribution in [0.3, 0.4) is 0 Å². The Bertz CT molecular complexity index is 657. The molecule has 2 unspecified atom stereocenters. The van der Waals surface area contributed by atoms with Gasteiger partial charge >= 0.3 is 0 Å². The number of rotatable bonds is 7. The smallest absolute Gasteiger partial charge is 0.0517 e. The summed E-state index contributed by atoms with van der Waals surface area (Å²) in [6.07, 6.45) is 8.45. The predicted octanol–water partition coefficient (Wildman–Crippen LogP) is 5.74. The number of hydrogen-bond acceptors (Lipinski definition) is 1. The molecule has 0 bridgehead atoms. The number of nitrogens with zero attached hydrogens (tertiary/aromatic N) is 1. The van der Waals surface area contributed by atoms with Gasteiger partial charge in [0.1, 0.15) is 0 Å². The fourth-order valence-corrected chi connectivity index (χ4v) is 4.06. The van der Waals surface area contributed by atoms with Gasteiger partial charge in [-0.15, -0.1) is 0 Å². The minimum atomic E-state index is 0.0632. The fourth-order valence-electron chi connectivity index (χ4n) is 4.06. The summed E-state index contributed by atoms with van der Waals surface area (Å²) >= 11 is 0. The van der Waals surface area contributed by atoms with Crippen molar-refractivity contribution in [2.75, 3.05) is 7.05 Å². The molecular formula is C23H29N. The third-order valence-corrected chi connectivity index (χ3v) is 5.67. The van der Waals surface area contributed by atoms with E-state index in [9.17, 15) is 0 Å². The molecule has 2 aromatic rings. The Hall–Kier alpha value is -1.86. The molecule has 1 aliphatic rings. The van der Waals surface area contributed by atoms with E-state index in [1.54, 1.807) is 0 Å². The van der Waals surface area contributed by atoms with E-state index in [0.717, 1.165) is 12.5 Å². The zero-order chi connectivity index (χ0) is 17.0. The van der Waals surface area contributed by atoms with Crippen molar-refractivity contribution in [3.8, 4) is 0 Å². The maximum absolute atomic E-state index is 2.64. The van der Waals surface area contributed by atoms with E-state index >= 15 is 0 Å². The highest BCUT2D eigenvalue weighted by molar-refractivity contribution is 5.49. The molecule has 3 rings (SSSR count). The molecule has 1 heteroatoms. The summed E-state index contributed by atoms with van der Waals surface area (Å²) in [4.78, 5) is 2.64. The van der Waals surface area contributed by atoms with E-state index in [0.29, 0.717) is 5.92 Å². The SMILES string of the molecule is CCC(c1ccccc1)(C(C)C=Cc1ccccc1)N(C)C1CC1. The lowest BCUT2D eigenvalue weighted by molar-refractivity contribution is 0.0656. The first-order valence-corrected chi connectivity index (χ1v) is 9.20. The minimum absolute atomic E-state index is 0.0632. The van der Waals surface area contributed by atoms with Gasteiger partial charge in [-0.3, -0.25) is 4.90 Å². The standard InChI is InChI=1S/C23H29N/c1-4-23(24(3)22-17-18-22,21-13-9-6-10-14-21)19(2)15-16-20-11-7-5-8-12-20/h5-16,19,22H,4,17-18H2,1-3H3. The summed E-state index contributed by atoms with van der Waals surface area (Å²) in [7, 11) is 2.32. The maximum atomic E-state index is 2.64. The molecule has 1 aliphatic carbocycles. The van der Waals surface area contributed by atoms with Crippen LogP contribution in [0.2, 0.25) is 0 Å². The van der Waals surface area contributed by atoms with Gasteiger partial charge in [0.2, 0.25) is 0 Å². The van der Waals surface area contributed by atoms with Crippen LogP contribution in [0.1, 0.15) is 44.2 Å². The van der Waals surface area contributed by atoms with Crippen molar-refractivity contribution in [1.82, 2.24) is 4.90 Å². The van der Waals surface area contributed by atoms with Crippen molar-refractivity contribution >= 4 is 6.08 Å². The molecular weight excluding hydrogens is 290 g/mol. The topological polar surface area (TPSA) is 3.24 Å². The number of hydrogen-bond donors (Lipinski definition) is 0. The van der Waals surface area contributed by atoms with Gasteiger partial charge in [-0.1, -0.05) is 86.7 Å². The first-order chi connectivity index (χ1) is 11.7. The van der Waals surface area contributed by atoms with Gasteiger partial charge in [0.15, 0.2) is 0 Å². The lowest BCUT2D eigenvalue weighted by atomic mass is 9.75. The van der Waals surface area contributed by atoms with Crippen LogP contribution in [0.5, 0.6) is 0 Å². The first kappa shape index (κ1) is 17.0. The average molecular weight is 319 g/mol. The van der Waals surface area contributed by atoms with Gasteiger partial charge in [0.05, 0.1) is 5.54 Å². The molecule has 1 nitrogen and oxygen atoms in total. The van der Waals surface area contributed by atoms with E-state index in [4.69, 9.17) is 0 Å². The number of benzene rings is 2. The summed E-state index contributed by atoms with van der Waals surface area (Å²) in [5.41, 5.74) is 2.77. The summed E-state index contributed by atoms with van der Waals surface area (Å²) in [5, 5.41) is 0.